The highest BCUT2D eigenvalue weighted by Crippen LogP contribution is 1.97. The summed E-state index contributed by atoms with van der Waals surface area (Å²) in [4.78, 5) is 2.80. The minimum atomic E-state index is -4.08. The molecule has 0 aliphatic rings. The van der Waals surface area contributed by atoms with Crippen LogP contribution in [0.4, 0.5) is 0 Å². The number of aryl methyl sites for hydroxylation is 1. The van der Waals surface area contributed by atoms with Crippen molar-refractivity contribution in [2.24, 2.45) is 0 Å². The molecular weight excluding hydrogens is 178 g/mol. The summed E-state index contributed by atoms with van der Waals surface area (Å²) in [6.45, 7) is 0. The van der Waals surface area contributed by atoms with Crippen molar-refractivity contribution in [2.75, 3.05) is 5.75 Å². The fourth-order valence-electron chi connectivity index (χ4n) is 0.831. The summed E-state index contributed by atoms with van der Waals surface area (Å²) in [6.07, 6.45) is 3.65. The second-order valence-electron chi connectivity index (χ2n) is 2.42. The van der Waals surface area contributed by atoms with Gasteiger partial charge in [-0.15, -0.1) is 0 Å². The third kappa shape index (κ3) is 3.45. The summed E-state index contributed by atoms with van der Waals surface area (Å²) in [5.74, 6) is -0.336. The van der Waals surface area contributed by atoms with E-state index in [1.807, 2.05) is 0 Å². The van der Waals surface area contributed by atoms with E-state index in [2.05, 4.69) is 4.98 Å². The van der Waals surface area contributed by atoms with E-state index >= 15 is 0 Å². The summed E-state index contributed by atoms with van der Waals surface area (Å²) in [5, 5.41) is 0. The molecule has 1 rings (SSSR count). The molecule has 0 fully saturated rings. The molecule has 0 aliphatic carbocycles. The van der Waals surface area contributed by atoms with Crippen molar-refractivity contribution in [3.8, 4) is 0 Å². The van der Waals surface area contributed by atoms with Gasteiger partial charge in [-0.25, -0.2) is 13.4 Å². The Morgan fingerprint density at radius 3 is 2.42 bits per heavy atom. The number of aromatic nitrogens is 1. The Morgan fingerprint density at radius 2 is 1.92 bits per heavy atom. The van der Waals surface area contributed by atoms with Gasteiger partial charge in [-0.1, -0.05) is 0 Å². The smallest absolute Gasteiger partial charge is 0.167 e. The predicted molar refractivity (Wildman–Crippen MR) is 41.3 cm³/mol. The van der Waals surface area contributed by atoms with Crippen LogP contribution in [-0.2, 0) is 16.5 Å². The third-order valence-corrected chi connectivity index (χ3v) is 2.13. The molecule has 12 heavy (non-hydrogen) atoms. The van der Waals surface area contributed by atoms with Gasteiger partial charge in [-0.2, -0.15) is 0 Å². The zero-order valence-corrected chi connectivity index (χ0v) is 7.17. The summed E-state index contributed by atoms with van der Waals surface area (Å²) in [6, 6.07) is 3.48. The minimum absolute atomic E-state index is 0.278. The number of aromatic amines is 1. The molecule has 0 radical (unpaired) electrons. The normalized spacial score (nSPS) is 11.4. The quantitative estimate of drug-likeness (QED) is 0.604. The lowest BCUT2D eigenvalue weighted by Crippen LogP contribution is -2.08. The van der Waals surface area contributed by atoms with E-state index < -0.39 is 10.1 Å². The maximum atomic E-state index is 10.2. The van der Waals surface area contributed by atoms with E-state index in [1.165, 1.54) is 0 Å². The van der Waals surface area contributed by atoms with Crippen molar-refractivity contribution in [1.82, 2.24) is 0 Å². The van der Waals surface area contributed by atoms with Gasteiger partial charge in [0.1, 0.15) is 0 Å². The van der Waals surface area contributed by atoms with Gasteiger partial charge in [0.05, 0.1) is 10.1 Å². The maximum absolute atomic E-state index is 10.2. The fraction of sp³-hybridized carbons (Fsp3) is 0.286. The van der Waals surface area contributed by atoms with Crippen molar-refractivity contribution in [2.45, 2.75) is 6.42 Å². The van der Waals surface area contributed by atoms with Crippen LogP contribution < -0.4 is 4.98 Å². The number of hydrogen-bond acceptors (Lipinski definition) is 3. The van der Waals surface area contributed by atoms with Crippen molar-refractivity contribution >= 4 is 10.1 Å². The first kappa shape index (κ1) is 9.15. The third-order valence-electron chi connectivity index (χ3n) is 1.43. The lowest BCUT2D eigenvalue weighted by molar-refractivity contribution is -0.378. The first-order chi connectivity index (χ1) is 5.58. The molecule has 0 aromatic carbocycles. The highest BCUT2D eigenvalue weighted by atomic mass is 32.2. The highest BCUT2D eigenvalue weighted by molar-refractivity contribution is 7.85. The van der Waals surface area contributed by atoms with Gasteiger partial charge in [0, 0.05) is 17.9 Å². The Kier molecular flexibility index (Phi) is 2.78. The molecule has 0 atom stereocenters. The van der Waals surface area contributed by atoms with Crippen LogP contribution in [0.2, 0.25) is 0 Å². The molecule has 0 aliphatic heterocycles. The zero-order chi connectivity index (χ0) is 9.03. The average molecular weight is 187 g/mol. The van der Waals surface area contributed by atoms with E-state index in [4.69, 9.17) is 0 Å². The highest BCUT2D eigenvalue weighted by Gasteiger charge is 1.97. The van der Waals surface area contributed by atoms with Crippen LogP contribution in [0.5, 0.6) is 0 Å². The molecule has 1 heterocycles. The van der Waals surface area contributed by atoms with Gasteiger partial charge in [-0.3, -0.25) is 0 Å². The van der Waals surface area contributed by atoms with Crippen LogP contribution in [0.25, 0.3) is 0 Å². The topological polar surface area (TPSA) is 71.3 Å². The van der Waals surface area contributed by atoms with Crippen molar-refractivity contribution in [1.29, 1.82) is 0 Å². The minimum Gasteiger partial charge on any atom is -0.748 e. The molecule has 1 aromatic rings. The maximum Gasteiger partial charge on any atom is 0.167 e. The van der Waals surface area contributed by atoms with Gasteiger partial charge in [0.25, 0.3) is 0 Å². The van der Waals surface area contributed by atoms with E-state index in [0.717, 1.165) is 5.56 Å². The lowest BCUT2D eigenvalue weighted by atomic mass is 10.2. The lowest BCUT2D eigenvalue weighted by Gasteiger charge is -2.04. The second kappa shape index (κ2) is 3.64. The number of nitrogens with one attached hydrogen (secondary N) is 1. The molecule has 0 saturated carbocycles. The largest absolute Gasteiger partial charge is 0.748 e. The van der Waals surface area contributed by atoms with E-state index in [0.29, 0.717) is 0 Å². The summed E-state index contributed by atoms with van der Waals surface area (Å²) in [7, 11) is -4.08. The summed E-state index contributed by atoms with van der Waals surface area (Å²) < 4.78 is 30.7. The second-order valence-corrected chi connectivity index (χ2v) is 3.94. The predicted octanol–water partition coefficient (Wildman–Crippen LogP) is -0.412. The van der Waals surface area contributed by atoms with Crippen LogP contribution in [-0.4, -0.2) is 18.7 Å². The van der Waals surface area contributed by atoms with Crippen LogP contribution in [0, 0.1) is 0 Å². The molecule has 4 nitrogen and oxygen atoms in total. The molecule has 0 spiro atoms. The van der Waals surface area contributed by atoms with Gasteiger partial charge in [0.15, 0.2) is 12.4 Å². The Labute approximate surface area is 71.0 Å². The SMILES string of the molecule is O=S(=O)([O-])CCc1cc[nH+]cc1. The standard InChI is InChI=1S/C7H9NO3S/c9-12(10,11)6-3-7-1-4-8-5-2-7/h1-2,4-5H,3,6H2,(H,9,10,11). The van der Waals surface area contributed by atoms with Crippen molar-refractivity contribution in [3.05, 3.63) is 30.1 Å². The van der Waals surface area contributed by atoms with Gasteiger partial charge in [0.2, 0.25) is 0 Å². The average Bonchev–Trinajstić information content (AvgIpc) is 2.02. The Bertz CT molecular complexity index is 333. The zero-order valence-electron chi connectivity index (χ0n) is 6.36. The summed E-state index contributed by atoms with van der Waals surface area (Å²) in [5.41, 5.74) is 0.841. The molecule has 0 bridgehead atoms. The van der Waals surface area contributed by atoms with Crippen LogP contribution >= 0.6 is 0 Å². The van der Waals surface area contributed by atoms with Crippen LogP contribution in [0.3, 0.4) is 0 Å². The summed E-state index contributed by atoms with van der Waals surface area (Å²) >= 11 is 0. The monoisotopic (exact) mass is 187 g/mol. The van der Waals surface area contributed by atoms with Crippen LogP contribution in [0.1, 0.15) is 5.56 Å². The van der Waals surface area contributed by atoms with Gasteiger partial charge in [-0.05, 0) is 12.0 Å². The number of H-pyrrole nitrogens is 1. The van der Waals surface area contributed by atoms with E-state index in [9.17, 15) is 13.0 Å². The Hall–Kier alpha value is -0.940. The molecule has 0 saturated heterocycles. The van der Waals surface area contributed by atoms with Crippen LogP contribution in [0.15, 0.2) is 24.5 Å². The molecule has 0 amide bonds. The molecule has 1 N–H and O–H groups in total. The first-order valence-corrected chi connectivity index (χ1v) is 5.04. The molecule has 1 aromatic heterocycles. The van der Waals surface area contributed by atoms with Crippen molar-refractivity contribution < 1.29 is 18.0 Å². The Morgan fingerprint density at radius 1 is 1.33 bits per heavy atom. The van der Waals surface area contributed by atoms with E-state index in [-0.39, 0.29) is 12.2 Å². The number of rotatable bonds is 3. The molecular formula is C7H9NO3S. The first-order valence-electron chi connectivity index (χ1n) is 3.46. The molecule has 66 valence electrons. The molecule has 5 heteroatoms. The molecule has 0 unspecified atom stereocenters. The number of pyridine rings is 1. The van der Waals surface area contributed by atoms with Gasteiger partial charge >= 0.3 is 0 Å². The van der Waals surface area contributed by atoms with E-state index in [1.54, 1.807) is 24.5 Å². The van der Waals surface area contributed by atoms with Crippen molar-refractivity contribution in [3.63, 3.8) is 0 Å². The fourth-order valence-corrected chi connectivity index (χ4v) is 1.32. The Balaban J connectivity index is 2.56. The van der Waals surface area contributed by atoms with Gasteiger partial charge < -0.3 is 4.55 Å². The number of hydrogen-bond donors (Lipinski definition) is 0.